The van der Waals surface area contributed by atoms with Crippen LogP contribution in [-0.4, -0.2) is 82.0 Å². The molecule has 2 fully saturated rings. The van der Waals surface area contributed by atoms with Crippen LogP contribution in [-0.2, 0) is 0 Å². The molecule has 0 aliphatic carbocycles. The van der Waals surface area contributed by atoms with Gasteiger partial charge in [0.15, 0.2) is 11.5 Å². The van der Waals surface area contributed by atoms with Gasteiger partial charge in [-0.15, -0.1) is 5.06 Å². The Balaban J connectivity index is 1.38. The number of amides is 1. The van der Waals surface area contributed by atoms with Gasteiger partial charge in [0.1, 0.15) is 5.69 Å². The van der Waals surface area contributed by atoms with Crippen molar-refractivity contribution in [2.45, 2.75) is 26.4 Å². The van der Waals surface area contributed by atoms with Gasteiger partial charge in [-0.3, -0.25) is 4.79 Å². The van der Waals surface area contributed by atoms with Crippen molar-refractivity contribution in [1.29, 1.82) is 0 Å². The Kier molecular flexibility index (Phi) is 5.74. The lowest BCUT2D eigenvalue weighted by atomic mass is 10.2. The molecule has 1 amide bonds. The average molecular weight is 413 g/mol. The van der Waals surface area contributed by atoms with Crippen molar-refractivity contribution in [3.63, 3.8) is 0 Å². The van der Waals surface area contributed by atoms with Gasteiger partial charge in [-0.25, -0.2) is 4.79 Å². The molecule has 160 valence electrons. The van der Waals surface area contributed by atoms with Crippen molar-refractivity contribution in [2.75, 3.05) is 44.2 Å². The first-order valence-corrected chi connectivity index (χ1v) is 10.2. The number of hydrogen-bond acceptors (Lipinski definition) is 7. The smallest absolute Gasteiger partial charge is 0.344 e. The van der Waals surface area contributed by atoms with E-state index in [4.69, 9.17) is 4.84 Å². The first kappa shape index (κ1) is 20.4. The topological polar surface area (TPSA) is 91.1 Å². The summed E-state index contributed by atoms with van der Waals surface area (Å²) in [6, 6.07) is 7.35. The zero-order valence-corrected chi connectivity index (χ0v) is 17.3. The molecule has 3 heterocycles. The number of aliphatic hydroxyl groups is 1. The molecule has 0 unspecified atom stereocenters. The summed E-state index contributed by atoms with van der Waals surface area (Å²) in [6.07, 6.45) is 1.97. The van der Waals surface area contributed by atoms with E-state index in [-0.39, 0.29) is 23.6 Å². The highest BCUT2D eigenvalue weighted by Crippen LogP contribution is 2.32. The van der Waals surface area contributed by atoms with Gasteiger partial charge in [0.05, 0.1) is 24.9 Å². The first-order chi connectivity index (χ1) is 14.4. The fraction of sp³-hybridized carbons (Fsp3) is 0.476. The number of aryl methyl sites for hydroxylation is 1. The van der Waals surface area contributed by atoms with Crippen LogP contribution in [0.1, 0.15) is 29.4 Å². The second-order valence-electron chi connectivity index (χ2n) is 7.85. The van der Waals surface area contributed by atoms with Crippen LogP contribution in [0.25, 0.3) is 0 Å². The van der Waals surface area contributed by atoms with Crippen LogP contribution in [0.4, 0.5) is 10.5 Å². The molecule has 0 bridgehead atoms. The Morgan fingerprint density at radius 3 is 2.53 bits per heavy atom. The number of β-amino-alcohol motifs (C(OH)–C–C–N with tert-alkyl or cyclic N) is 1. The molecular weight excluding hydrogens is 386 g/mol. The summed E-state index contributed by atoms with van der Waals surface area (Å²) in [4.78, 5) is 34.0. The zero-order chi connectivity index (χ0) is 21.3. The number of Topliss-reactive ketones (excluding diaryl/α,β-unsaturated/α-hetero) is 1. The molecule has 30 heavy (non-hydrogen) atoms. The zero-order valence-electron chi connectivity index (χ0n) is 17.3. The van der Waals surface area contributed by atoms with Crippen molar-refractivity contribution in [3.05, 3.63) is 41.7 Å². The monoisotopic (exact) mass is 413 g/mol. The second kappa shape index (κ2) is 8.45. The maximum atomic E-state index is 12.6. The Hall–Kier alpha value is -2.91. The van der Waals surface area contributed by atoms with E-state index in [1.165, 1.54) is 17.8 Å². The second-order valence-corrected chi connectivity index (χ2v) is 7.85. The average Bonchev–Trinajstić information content (AvgIpc) is 3.39. The number of aliphatic hydroxyl groups excluding tert-OH is 1. The molecule has 1 aromatic carbocycles. The lowest BCUT2D eigenvalue weighted by molar-refractivity contribution is -0.0816. The normalized spacial score (nSPS) is 19.9. The van der Waals surface area contributed by atoms with E-state index in [1.54, 1.807) is 11.0 Å². The fourth-order valence-corrected chi connectivity index (χ4v) is 3.79. The van der Waals surface area contributed by atoms with Gasteiger partial charge < -0.3 is 19.7 Å². The third-order valence-electron chi connectivity index (χ3n) is 5.50. The van der Waals surface area contributed by atoms with Crippen LogP contribution in [0.5, 0.6) is 5.75 Å². The van der Waals surface area contributed by atoms with Gasteiger partial charge in [0.2, 0.25) is 0 Å². The number of rotatable bonds is 4. The van der Waals surface area contributed by atoms with Crippen LogP contribution in [0.2, 0.25) is 0 Å². The van der Waals surface area contributed by atoms with Gasteiger partial charge in [-0.1, -0.05) is 6.07 Å². The van der Waals surface area contributed by atoms with E-state index in [9.17, 15) is 14.7 Å². The Morgan fingerprint density at radius 1 is 1.13 bits per heavy atom. The minimum Gasteiger partial charge on any atom is -0.404 e. The van der Waals surface area contributed by atoms with E-state index in [0.717, 1.165) is 30.0 Å². The highest BCUT2D eigenvalue weighted by Gasteiger charge is 2.27. The molecular formula is C21H27N5O4. The third-order valence-corrected chi connectivity index (χ3v) is 5.50. The third kappa shape index (κ3) is 4.31. The minimum absolute atomic E-state index is 0.167. The number of hydrogen-bond donors (Lipinski definition) is 1. The number of anilines is 1. The predicted octanol–water partition coefficient (Wildman–Crippen LogP) is 1.54. The van der Waals surface area contributed by atoms with Gasteiger partial charge >= 0.3 is 6.03 Å². The number of piperazine rings is 1. The van der Waals surface area contributed by atoms with Crippen molar-refractivity contribution in [2.24, 2.45) is 0 Å². The number of ketones is 1. The maximum Gasteiger partial charge on any atom is 0.344 e. The molecule has 0 saturated carbocycles. The summed E-state index contributed by atoms with van der Waals surface area (Å²) in [5.74, 6) is 0.590. The molecule has 4 rings (SSSR count). The summed E-state index contributed by atoms with van der Waals surface area (Å²) in [6.45, 7) is 6.98. The maximum absolute atomic E-state index is 12.6. The highest BCUT2D eigenvalue weighted by molar-refractivity contribution is 5.92. The molecule has 2 aliphatic rings. The Labute approximate surface area is 175 Å². The lowest BCUT2D eigenvalue weighted by Gasteiger charge is -2.34. The van der Waals surface area contributed by atoms with Crippen LogP contribution >= 0.6 is 0 Å². The molecule has 1 N–H and O–H groups in total. The highest BCUT2D eigenvalue weighted by atomic mass is 16.7. The van der Waals surface area contributed by atoms with Crippen molar-refractivity contribution >= 4 is 17.5 Å². The van der Waals surface area contributed by atoms with E-state index in [2.05, 4.69) is 16.1 Å². The number of benzene rings is 1. The van der Waals surface area contributed by atoms with Gasteiger partial charge in [0, 0.05) is 39.3 Å². The van der Waals surface area contributed by atoms with Crippen molar-refractivity contribution in [1.82, 2.24) is 19.7 Å². The molecule has 2 aromatic rings. The van der Waals surface area contributed by atoms with E-state index in [0.29, 0.717) is 32.7 Å². The van der Waals surface area contributed by atoms with Gasteiger partial charge in [-0.2, -0.15) is 9.78 Å². The summed E-state index contributed by atoms with van der Waals surface area (Å²) >= 11 is 0. The minimum atomic E-state index is -0.307. The lowest BCUT2D eigenvalue weighted by Crippen LogP contribution is -2.51. The summed E-state index contributed by atoms with van der Waals surface area (Å²) in [7, 11) is 0. The standard InChI is InChI=1S/C21H27N5O4/c1-15-3-4-20(19(13-15)24-7-5-17(28)14-24)30-25-11-9-23(10-12-25)21(29)26-8-6-18(22-26)16(2)27/h3-4,6,8,13,17,28H,5,7,9-12,14H2,1-2H3/t17-/m1/s1. The fourth-order valence-electron chi connectivity index (χ4n) is 3.79. The Bertz CT molecular complexity index is 935. The van der Waals surface area contributed by atoms with E-state index < -0.39 is 0 Å². The number of hydroxylamine groups is 2. The largest absolute Gasteiger partial charge is 0.404 e. The first-order valence-electron chi connectivity index (χ1n) is 10.2. The molecule has 0 radical (unpaired) electrons. The molecule has 2 saturated heterocycles. The van der Waals surface area contributed by atoms with Crippen molar-refractivity contribution < 1.29 is 19.5 Å². The van der Waals surface area contributed by atoms with E-state index >= 15 is 0 Å². The number of carbonyl (C=O) groups is 2. The van der Waals surface area contributed by atoms with Crippen molar-refractivity contribution in [3.8, 4) is 5.75 Å². The molecule has 1 atom stereocenters. The predicted molar refractivity (Wildman–Crippen MR) is 111 cm³/mol. The number of aromatic nitrogens is 2. The number of carbonyl (C=O) groups excluding carboxylic acids is 2. The molecule has 0 spiro atoms. The molecule has 9 nitrogen and oxygen atoms in total. The number of nitrogens with zero attached hydrogens (tertiary/aromatic N) is 5. The van der Waals surface area contributed by atoms with Gasteiger partial charge in [0.25, 0.3) is 0 Å². The van der Waals surface area contributed by atoms with Crippen LogP contribution < -0.4 is 9.74 Å². The summed E-state index contributed by atoms with van der Waals surface area (Å²) < 4.78 is 1.21. The summed E-state index contributed by atoms with van der Waals surface area (Å²) in [5.41, 5.74) is 2.40. The van der Waals surface area contributed by atoms with E-state index in [1.807, 2.05) is 24.1 Å². The van der Waals surface area contributed by atoms with Crippen LogP contribution in [0, 0.1) is 6.92 Å². The van der Waals surface area contributed by atoms with Crippen LogP contribution in [0.15, 0.2) is 30.5 Å². The molecule has 9 heteroatoms. The SMILES string of the molecule is CC(=O)c1ccn(C(=O)N2CCN(Oc3ccc(C)cc3N3CC[C@@H](O)C3)CC2)n1. The molecule has 1 aromatic heterocycles. The summed E-state index contributed by atoms with van der Waals surface area (Å²) in [5, 5.41) is 15.8. The van der Waals surface area contributed by atoms with Crippen LogP contribution in [0.3, 0.4) is 0 Å². The Morgan fingerprint density at radius 2 is 1.90 bits per heavy atom. The van der Waals surface area contributed by atoms with Gasteiger partial charge in [-0.05, 0) is 37.1 Å². The molecule has 2 aliphatic heterocycles. The quantitative estimate of drug-likeness (QED) is 0.761.